The molecular weight excluding hydrogens is 156 g/mol. The Hall–Kier alpha value is -0.770. The molecule has 0 saturated carbocycles. The summed E-state index contributed by atoms with van der Waals surface area (Å²) in [7, 11) is 1.38. The molecule has 4 nitrogen and oxygen atoms in total. The second kappa shape index (κ2) is 4.30. The number of hydrogen-bond donors (Lipinski definition) is 2. The third-order valence-electron chi connectivity index (χ3n) is 2.08. The van der Waals surface area contributed by atoms with Crippen molar-refractivity contribution in [1.29, 1.82) is 0 Å². The first-order valence-corrected chi connectivity index (χ1v) is 4.27. The maximum absolute atomic E-state index is 10.8. The molecule has 0 radical (unpaired) electrons. The summed E-state index contributed by atoms with van der Waals surface area (Å²) >= 11 is 0. The van der Waals surface area contributed by atoms with Crippen molar-refractivity contribution < 1.29 is 9.53 Å². The van der Waals surface area contributed by atoms with E-state index in [2.05, 4.69) is 22.3 Å². The van der Waals surface area contributed by atoms with Gasteiger partial charge in [-0.2, -0.15) is 0 Å². The second-order valence-corrected chi connectivity index (χ2v) is 3.33. The van der Waals surface area contributed by atoms with Gasteiger partial charge in [0.1, 0.15) is 0 Å². The number of piperidine rings is 1. The summed E-state index contributed by atoms with van der Waals surface area (Å²) in [6.07, 6.45) is 0.693. The molecule has 1 rings (SSSR count). The Morgan fingerprint density at radius 3 is 2.92 bits per heavy atom. The lowest BCUT2D eigenvalue weighted by Gasteiger charge is -2.27. The molecule has 1 aliphatic heterocycles. The average molecular weight is 172 g/mol. The van der Waals surface area contributed by atoms with E-state index in [1.165, 1.54) is 7.11 Å². The van der Waals surface area contributed by atoms with Crippen LogP contribution in [0.4, 0.5) is 4.79 Å². The highest BCUT2D eigenvalue weighted by atomic mass is 16.5. The first-order chi connectivity index (χ1) is 5.72. The Labute approximate surface area is 72.7 Å². The number of ether oxygens (including phenoxy) is 1. The molecule has 70 valence electrons. The molecule has 2 atom stereocenters. The molecule has 0 bridgehead atoms. The lowest BCUT2D eigenvalue weighted by Crippen LogP contribution is -2.48. The molecule has 1 aliphatic rings. The standard InChI is InChI=1S/C8H16N2O2/c1-6-3-7(5-9-4-6)10-8(11)12-2/h6-7,9H,3-5H2,1-2H3,(H,10,11). The number of amides is 1. The fraction of sp³-hybridized carbons (Fsp3) is 0.875. The molecule has 4 heteroatoms. The van der Waals surface area contributed by atoms with Gasteiger partial charge in [0.25, 0.3) is 0 Å². The molecule has 12 heavy (non-hydrogen) atoms. The smallest absolute Gasteiger partial charge is 0.407 e. The zero-order valence-corrected chi connectivity index (χ0v) is 7.59. The van der Waals surface area contributed by atoms with Crippen LogP contribution in [-0.2, 0) is 4.74 Å². The SMILES string of the molecule is COC(=O)NC1CNCC(C)C1. The molecule has 0 spiro atoms. The summed E-state index contributed by atoms with van der Waals surface area (Å²) in [5, 5.41) is 6.02. The van der Waals surface area contributed by atoms with Gasteiger partial charge in [0, 0.05) is 12.6 Å². The van der Waals surface area contributed by atoms with E-state index in [9.17, 15) is 4.79 Å². The van der Waals surface area contributed by atoms with Crippen LogP contribution in [0.15, 0.2) is 0 Å². The van der Waals surface area contributed by atoms with Gasteiger partial charge in [-0.1, -0.05) is 6.92 Å². The van der Waals surface area contributed by atoms with E-state index in [-0.39, 0.29) is 12.1 Å². The number of alkyl carbamates (subject to hydrolysis) is 1. The zero-order chi connectivity index (χ0) is 8.97. The quantitative estimate of drug-likeness (QED) is 0.599. The van der Waals surface area contributed by atoms with Crippen molar-refractivity contribution in [3.05, 3.63) is 0 Å². The highest BCUT2D eigenvalue weighted by molar-refractivity contribution is 5.67. The summed E-state index contributed by atoms with van der Waals surface area (Å²) in [6, 6.07) is 0.223. The van der Waals surface area contributed by atoms with Crippen molar-refractivity contribution in [3.8, 4) is 0 Å². The van der Waals surface area contributed by atoms with E-state index in [1.807, 2.05) is 0 Å². The molecule has 2 unspecified atom stereocenters. The van der Waals surface area contributed by atoms with Gasteiger partial charge in [0.15, 0.2) is 0 Å². The molecule has 1 heterocycles. The van der Waals surface area contributed by atoms with Crippen molar-refractivity contribution in [2.45, 2.75) is 19.4 Å². The van der Waals surface area contributed by atoms with Gasteiger partial charge < -0.3 is 15.4 Å². The third kappa shape index (κ3) is 2.70. The van der Waals surface area contributed by atoms with Gasteiger partial charge in [-0.15, -0.1) is 0 Å². The first-order valence-electron chi connectivity index (χ1n) is 4.27. The highest BCUT2D eigenvalue weighted by Crippen LogP contribution is 2.08. The van der Waals surface area contributed by atoms with Crippen LogP contribution in [0, 0.1) is 5.92 Å². The van der Waals surface area contributed by atoms with Crippen LogP contribution >= 0.6 is 0 Å². The predicted molar refractivity (Wildman–Crippen MR) is 46.0 cm³/mol. The minimum atomic E-state index is -0.337. The molecule has 1 amide bonds. The molecule has 0 aromatic carbocycles. The maximum atomic E-state index is 10.8. The molecular formula is C8H16N2O2. The summed E-state index contributed by atoms with van der Waals surface area (Å²) in [4.78, 5) is 10.8. The van der Waals surface area contributed by atoms with Crippen molar-refractivity contribution >= 4 is 6.09 Å². The Kier molecular flexibility index (Phi) is 3.34. The van der Waals surface area contributed by atoms with Crippen LogP contribution in [0.3, 0.4) is 0 Å². The van der Waals surface area contributed by atoms with Crippen molar-refractivity contribution in [2.75, 3.05) is 20.2 Å². The number of nitrogens with one attached hydrogen (secondary N) is 2. The average Bonchev–Trinajstić information content (AvgIpc) is 2.04. The molecule has 0 aromatic heterocycles. The molecule has 2 N–H and O–H groups in total. The minimum absolute atomic E-state index is 0.223. The Bertz CT molecular complexity index is 161. The highest BCUT2D eigenvalue weighted by Gasteiger charge is 2.19. The van der Waals surface area contributed by atoms with Crippen molar-refractivity contribution in [3.63, 3.8) is 0 Å². The number of carbonyl (C=O) groups is 1. The topological polar surface area (TPSA) is 50.4 Å². The Morgan fingerprint density at radius 2 is 2.33 bits per heavy atom. The van der Waals surface area contributed by atoms with Crippen LogP contribution in [0.2, 0.25) is 0 Å². The van der Waals surface area contributed by atoms with E-state index in [4.69, 9.17) is 0 Å². The van der Waals surface area contributed by atoms with Gasteiger partial charge in [-0.05, 0) is 18.9 Å². The van der Waals surface area contributed by atoms with Gasteiger partial charge in [-0.25, -0.2) is 4.79 Å². The van der Waals surface area contributed by atoms with Gasteiger partial charge in [-0.3, -0.25) is 0 Å². The van der Waals surface area contributed by atoms with Gasteiger partial charge in [0.2, 0.25) is 0 Å². The molecule has 0 aromatic rings. The van der Waals surface area contributed by atoms with E-state index >= 15 is 0 Å². The van der Waals surface area contributed by atoms with Crippen LogP contribution < -0.4 is 10.6 Å². The van der Waals surface area contributed by atoms with E-state index in [1.54, 1.807) is 0 Å². The van der Waals surface area contributed by atoms with Crippen LogP contribution in [0.1, 0.15) is 13.3 Å². The Morgan fingerprint density at radius 1 is 1.58 bits per heavy atom. The molecule has 1 saturated heterocycles. The molecule has 1 fully saturated rings. The summed E-state index contributed by atoms with van der Waals surface area (Å²) in [5.41, 5.74) is 0. The Balaban J connectivity index is 2.27. The van der Waals surface area contributed by atoms with Gasteiger partial charge in [0.05, 0.1) is 7.11 Å². The van der Waals surface area contributed by atoms with Crippen molar-refractivity contribution in [1.82, 2.24) is 10.6 Å². The van der Waals surface area contributed by atoms with Crippen LogP contribution in [-0.4, -0.2) is 32.3 Å². The van der Waals surface area contributed by atoms with Gasteiger partial charge >= 0.3 is 6.09 Å². The van der Waals surface area contributed by atoms with E-state index in [0.29, 0.717) is 5.92 Å². The van der Waals surface area contributed by atoms with E-state index < -0.39 is 0 Å². The third-order valence-corrected chi connectivity index (χ3v) is 2.08. The second-order valence-electron chi connectivity index (χ2n) is 3.33. The fourth-order valence-corrected chi connectivity index (χ4v) is 1.49. The van der Waals surface area contributed by atoms with Crippen LogP contribution in [0.25, 0.3) is 0 Å². The largest absolute Gasteiger partial charge is 0.453 e. The minimum Gasteiger partial charge on any atom is -0.453 e. The lowest BCUT2D eigenvalue weighted by atomic mass is 9.98. The monoisotopic (exact) mass is 172 g/mol. The maximum Gasteiger partial charge on any atom is 0.407 e. The van der Waals surface area contributed by atoms with Crippen LogP contribution in [0.5, 0.6) is 0 Å². The lowest BCUT2D eigenvalue weighted by molar-refractivity contribution is 0.162. The summed E-state index contributed by atoms with van der Waals surface area (Å²) < 4.78 is 4.51. The normalized spacial score (nSPS) is 29.5. The predicted octanol–water partition coefficient (Wildman–Crippen LogP) is 0.340. The van der Waals surface area contributed by atoms with Crippen molar-refractivity contribution in [2.24, 2.45) is 5.92 Å². The summed E-state index contributed by atoms with van der Waals surface area (Å²) in [6.45, 7) is 4.05. The zero-order valence-electron chi connectivity index (χ0n) is 7.59. The summed E-state index contributed by atoms with van der Waals surface area (Å²) in [5.74, 6) is 0.626. The fourth-order valence-electron chi connectivity index (χ4n) is 1.49. The van der Waals surface area contributed by atoms with E-state index in [0.717, 1.165) is 19.5 Å². The first kappa shape index (κ1) is 9.32. The number of carbonyl (C=O) groups excluding carboxylic acids is 1. The number of rotatable bonds is 1. The number of hydrogen-bond acceptors (Lipinski definition) is 3. The number of methoxy groups -OCH3 is 1. The molecule has 0 aliphatic carbocycles.